The quantitative estimate of drug-likeness (QED) is 0.159. The van der Waals surface area contributed by atoms with Gasteiger partial charge in [0.2, 0.25) is 17.7 Å². The first-order valence-corrected chi connectivity index (χ1v) is 11.6. The predicted octanol–water partition coefficient (Wildman–Crippen LogP) is -1.08. The van der Waals surface area contributed by atoms with E-state index in [0.29, 0.717) is 5.69 Å². The van der Waals surface area contributed by atoms with Gasteiger partial charge >= 0.3 is 5.97 Å². The smallest absolute Gasteiger partial charge is 0.326 e. The fourth-order valence-corrected chi connectivity index (χ4v) is 3.40. The SMILES string of the molecule is NC(CS)C(=O)NC(CS)C(=O)NC(Cc1cnc[nH]1)C(=O)NC(Cc1ccccc1)C(=O)O. The molecule has 0 radical (unpaired) electrons. The van der Waals surface area contributed by atoms with Gasteiger partial charge < -0.3 is 31.8 Å². The zero-order valence-corrected chi connectivity index (χ0v) is 20.0. The van der Waals surface area contributed by atoms with Crippen LogP contribution in [0.15, 0.2) is 42.9 Å². The minimum absolute atomic E-state index is 0.0125. The summed E-state index contributed by atoms with van der Waals surface area (Å²) in [6.07, 6.45) is 2.97. The minimum Gasteiger partial charge on any atom is -0.480 e. The van der Waals surface area contributed by atoms with Gasteiger partial charge in [0.1, 0.15) is 18.1 Å². The molecule has 1 aromatic heterocycles. The van der Waals surface area contributed by atoms with Crippen molar-refractivity contribution in [3.63, 3.8) is 0 Å². The highest BCUT2D eigenvalue weighted by molar-refractivity contribution is 7.80. The van der Waals surface area contributed by atoms with Gasteiger partial charge in [-0.25, -0.2) is 9.78 Å². The molecule has 0 saturated carbocycles. The second kappa shape index (κ2) is 13.6. The third kappa shape index (κ3) is 8.39. The summed E-state index contributed by atoms with van der Waals surface area (Å²) < 4.78 is 0. The Morgan fingerprint density at radius 1 is 0.912 bits per heavy atom. The lowest BCUT2D eigenvalue weighted by Gasteiger charge is -2.24. The number of carbonyl (C=O) groups excluding carboxylic acids is 3. The first-order chi connectivity index (χ1) is 16.2. The maximum atomic E-state index is 13.0. The number of benzene rings is 1. The third-order valence-corrected chi connectivity index (χ3v) is 5.62. The van der Waals surface area contributed by atoms with Crippen molar-refractivity contribution in [2.24, 2.45) is 5.73 Å². The average Bonchev–Trinajstić information content (AvgIpc) is 3.34. The van der Waals surface area contributed by atoms with Crippen LogP contribution in [0.25, 0.3) is 0 Å². The highest BCUT2D eigenvalue weighted by Crippen LogP contribution is 2.06. The summed E-state index contributed by atoms with van der Waals surface area (Å²) in [5, 5.41) is 17.1. The zero-order valence-electron chi connectivity index (χ0n) is 18.2. The molecule has 184 valence electrons. The summed E-state index contributed by atoms with van der Waals surface area (Å²) in [7, 11) is 0. The second-order valence-corrected chi connectivity index (χ2v) is 8.19. The number of rotatable bonds is 13. The van der Waals surface area contributed by atoms with Gasteiger partial charge in [-0.3, -0.25) is 14.4 Å². The maximum Gasteiger partial charge on any atom is 0.326 e. The number of nitrogens with two attached hydrogens (primary N) is 1. The molecule has 0 bridgehead atoms. The fraction of sp³-hybridized carbons (Fsp3) is 0.381. The number of aromatic amines is 1. The number of nitrogens with one attached hydrogen (secondary N) is 4. The number of carbonyl (C=O) groups is 4. The van der Waals surface area contributed by atoms with E-state index in [1.54, 1.807) is 30.3 Å². The predicted molar refractivity (Wildman–Crippen MR) is 132 cm³/mol. The van der Waals surface area contributed by atoms with E-state index in [-0.39, 0.29) is 24.3 Å². The van der Waals surface area contributed by atoms with Crippen molar-refractivity contribution in [3.8, 4) is 0 Å². The summed E-state index contributed by atoms with van der Waals surface area (Å²) >= 11 is 8.06. The van der Waals surface area contributed by atoms with E-state index in [2.05, 4.69) is 51.2 Å². The Morgan fingerprint density at radius 3 is 2.09 bits per heavy atom. The molecule has 0 spiro atoms. The van der Waals surface area contributed by atoms with Crippen LogP contribution in [0.3, 0.4) is 0 Å². The molecule has 4 atom stereocenters. The Hall–Kier alpha value is -3.03. The number of aromatic nitrogens is 2. The zero-order chi connectivity index (χ0) is 25.1. The molecule has 1 aromatic carbocycles. The fourth-order valence-electron chi connectivity index (χ4n) is 2.98. The van der Waals surface area contributed by atoms with E-state index in [1.807, 2.05) is 0 Å². The lowest BCUT2D eigenvalue weighted by atomic mass is 10.0. The number of carboxylic acid groups (broad SMARTS) is 1. The Morgan fingerprint density at radius 2 is 1.53 bits per heavy atom. The molecule has 0 aliphatic rings. The summed E-state index contributed by atoms with van der Waals surface area (Å²) in [5.74, 6) is -3.17. The average molecular weight is 509 g/mol. The highest BCUT2D eigenvalue weighted by atomic mass is 32.1. The van der Waals surface area contributed by atoms with Crippen LogP contribution in [0.4, 0.5) is 0 Å². The Bertz CT molecular complexity index is 960. The molecule has 13 heteroatoms. The first-order valence-electron chi connectivity index (χ1n) is 10.4. The van der Waals surface area contributed by atoms with Crippen molar-refractivity contribution in [2.45, 2.75) is 37.0 Å². The molecular formula is C21H28N6O5S2. The number of amides is 3. The van der Waals surface area contributed by atoms with Crippen molar-refractivity contribution < 1.29 is 24.3 Å². The molecule has 0 saturated heterocycles. The van der Waals surface area contributed by atoms with Crippen LogP contribution in [-0.4, -0.2) is 74.4 Å². The molecule has 0 aliphatic heterocycles. The summed E-state index contributed by atoms with van der Waals surface area (Å²) in [4.78, 5) is 56.4. The molecular weight excluding hydrogens is 480 g/mol. The molecule has 1 heterocycles. The normalized spacial score (nSPS) is 14.3. The van der Waals surface area contributed by atoms with E-state index < -0.39 is 47.9 Å². The molecule has 11 nitrogen and oxygen atoms in total. The van der Waals surface area contributed by atoms with Crippen molar-refractivity contribution >= 4 is 48.9 Å². The van der Waals surface area contributed by atoms with Gasteiger partial charge in [-0.1, -0.05) is 30.3 Å². The summed E-state index contributed by atoms with van der Waals surface area (Å²) in [5.41, 5.74) is 6.90. The number of thiol groups is 2. The Labute approximate surface area is 207 Å². The third-order valence-electron chi connectivity index (χ3n) is 4.86. The number of hydrogen-bond donors (Lipinski definition) is 8. The minimum atomic E-state index is -1.22. The van der Waals surface area contributed by atoms with E-state index in [4.69, 9.17) is 5.73 Å². The van der Waals surface area contributed by atoms with Gasteiger partial charge in [0.05, 0.1) is 12.4 Å². The number of hydrogen-bond acceptors (Lipinski definition) is 8. The van der Waals surface area contributed by atoms with Crippen molar-refractivity contribution in [1.29, 1.82) is 0 Å². The molecule has 0 aliphatic carbocycles. The Balaban J connectivity index is 2.15. The van der Waals surface area contributed by atoms with Gasteiger partial charge in [-0.05, 0) is 5.56 Å². The van der Waals surface area contributed by atoms with Crippen LogP contribution in [0.5, 0.6) is 0 Å². The molecule has 34 heavy (non-hydrogen) atoms. The van der Waals surface area contributed by atoms with Crippen LogP contribution in [-0.2, 0) is 32.0 Å². The maximum absolute atomic E-state index is 13.0. The van der Waals surface area contributed by atoms with Crippen molar-refractivity contribution in [1.82, 2.24) is 25.9 Å². The largest absolute Gasteiger partial charge is 0.480 e. The van der Waals surface area contributed by atoms with Crippen LogP contribution >= 0.6 is 25.3 Å². The van der Waals surface area contributed by atoms with E-state index in [9.17, 15) is 24.3 Å². The van der Waals surface area contributed by atoms with Crippen molar-refractivity contribution in [2.75, 3.05) is 11.5 Å². The lowest BCUT2D eigenvalue weighted by Crippen LogP contribution is -2.58. The van der Waals surface area contributed by atoms with Gasteiger partial charge in [-0.15, -0.1) is 0 Å². The Kier molecular flexibility index (Phi) is 10.9. The monoisotopic (exact) mass is 508 g/mol. The molecule has 4 unspecified atom stereocenters. The molecule has 2 rings (SSSR count). The van der Waals surface area contributed by atoms with Gasteiger partial charge in [0.25, 0.3) is 0 Å². The second-order valence-electron chi connectivity index (χ2n) is 7.46. The van der Waals surface area contributed by atoms with E-state index >= 15 is 0 Å². The van der Waals surface area contributed by atoms with Gasteiger partial charge in [-0.2, -0.15) is 25.3 Å². The summed E-state index contributed by atoms with van der Waals surface area (Å²) in [6.45, 7) is 0. The van der Waals surface area contributed by atoms with E-state index in [1.165, 1.54) is 12.5 Å². The lowest BCUT2D eigenvalue weighted by molar-refractivity contribution is -0.142. The standard InChI is InChI=1S/C21H28N6O5S2/c22-14(9-33)18(28)27-17(10-34)20(30)25-15(7-13-8-23-11-24-13)19(29)26-16(21(31)32)6-12-4-2-1-3-5-12/h1-5,8,11,14-17,33-34H,6-7,9-10,22H2,(H,23,24)(H,25,30)(H,26,29)(H,27,28)(H,31,32). The number of H-pyrrole nitrogens is 1. The van der Waals surface area contributed by atoms with Gasteiger partial charge in [0, 0.05) is 36.2 Å². The summed E-state index contributed by atoms with van der Waals surface area (Å²) in [6, 6.07) is 4.48. The van der Waals surface area contributed by atoms with Crippen molar-refractivity contribution in [3.05, 3.63) is 54.1 Å². The number of aliphatic carboxylic acids is 1. The molecule has 7 N–H and O–H groups in total. The number of imidazole rings is 1. The number of nitrogens with zero attached hydrogens (tertiary/aromatic N) is 1. The van der Waals surface area contributed by atoms with Crippen LogP contribution in [0, 0.1) is 0 Å². The first kappa shape index (κ1) is 27.2. The number of carboxylic acids is 1. The van der Waals surface area contributed by atoms with Crippen LogP contribution < -0.4 is 21.7 Å². The van der Waals surface area contributed by atoms with E-state index in [0.717, 1.165) is 5.56 Å². The van der Waals surface area contributed by atoms with Crippen LogP contribution in [0.1, 0.15) is 11.3 Å². The molecule has 3 amide bonds. The molecule has 0 fully saturated rings. The van der Waals surface area contributed by atoms with Crippen LogP contribution in [0.2, 0.25) is 0 Å². The highest BCUT2D eigenvalue weighted by Gasteiger charge is 2.30. The van der Waals surface area contributed by atoms with Gasteiger partial charge in [0.15, 0.2) is 0 Å². The topological polar surface area (TPSA) is 179 Å². The molecule has 2 aromatic rings.